The molecule has 0 aliphatic carbocycles. The van der Waals surface area contributed by atoms with Crippen LogP contribution in [0.3, 0.4) is 0 Å². The van der Waals surface area contributed by atoms with Gasteiger partial charge in [-0.05, 0) is 49.5 Å². The first-order valence-corrected chi connectivity index (χ1v) is 6.58. The topological polar surface area (TPSA) is 20.3 Å². The number of ketones is 1. The van der Waals surface area contributed by atoms with E-state index in [1.54, 1.807) is 0 Å². The van der Waals surface area contributed by atoms with Gasteiger partial charge in [0.1, 0.15) is 11.6 Å². The van der Waals surface area contributed by atoms with Crippen LogP contribution in [0.5, 0.6) is 0 Å². The summed E-state index contributed by atoms with van der Waals surface area (Å²) < 4.78 is 26.5. The Balaban J connectivity index is 2.00. The van der Waals surface area contributed by atoms with E-state index in [1.807, 2.05) is 4.90 Å². The molecule has 1 fully saturated rings. The smallest absolute Gasteiger partial charge is 0.179 e. The third-order valence-corrected chi connectivity index (χ3v) is 3.81. The number of hydrogen-bond acceptors (Lipinski definition) is 2. The third kappa shape index (κ3) is 3.60. The van der Waals surface area contributed by atoms with Crippen molar-refractivity contribution in [2.45, 2.75) is 26.7 Å². The Morgan fingerprint density at radius 3 is 2.53 bits per heavy atom. The second-order valence-corrected chi connectivity index (χ2v) is 5.99. The third-order valence-electron chi connectivity index (χ3n) is 3.81. The lowest BCUT2D eigenvalue weighted by Gasteiger charge is -2.36. The second-order valence-electron chi connectivity index (χ2n) is 5.99. The maximum Gasteiger partial charge on any atom is 0.179 e. The molecule has 1 saturated heterocycles. The van der Waals surface area contributed by atoms with Crippen molar-refractivity contribution in [3.63, 3.8) is 0 Å². The molecule has 2 nitrogen and oxygen atoms in total. The van der Waals surface area contributed by atoms with Crippen molar-refractivity contribution >= 4 is 5.78 Å². The van der Waals surface area contributed by atoms with Crippen molar-refractivity contribution in [1.82, 2.24) is 4.90 Å². The first-order chi connectivity index (χ1) is 8.87. The molecule has 1 aliphatic heterocycles. The van der Waals surface area contributed by atoms with Crippen LogP contribution in [-0.2, 0) is 0 Å². The molecule has 0 bridgehead atoms. The van der Waals surface area contributed by atoms with Crippen molar-refractivity contribution in [3.05, 3.63) is 35.4 Å². The zero-order valence-corrected chi connectivity index (χ0v) is 11.4. The minimum Gasteiger partial charge on any atom is -0.296 e. The first-order valence-electron chi connectivity index (χ1n) is 6.58. The fourth-order valence-electron chi connectivity index (χ4n) is 2.32. The summed E-state index contributed by atoms with van der Waals surface area (Å²) in [6.45, 7) is 6.23. The summed E-state index contributed by atoms with van der Waals surface area (Å²) in [6.07, 6.45) is 2.04. The molecule has 0 saturated carbocycles. The number of rotatable bonds is 3. The van der Waals surface area contributed by atoms with Gasteiger partial charge in [-0.2, -0.15) is 0 Å². The molecule has 2 rings (SSSR count). The maximum atomic E-state index is 13.5. The summed E-state index contributed by atoms with van der Waals surface area (Å²) in [5, 5.41) is 0. The van der Waals surface area contributed by atoms with Crippen LogP contribution in [0.15, 0.2) is 18.2 Å². The standard InChI is InChI=1S/C15H19F2NO/c1-15(2)5-7-18(8-6-15)10-14(19)12-9-11(16)3-4-13(12)17/h3-4,9H,5-8,10H2,1-2H3. The van der Waals surface area contributed by atoms with E-state index >= 15 is 0 Å². The van der Waals surface area contributed by atoms with Crippen LogP contribution >= 0.6 is 0 Å². The number of Topliss-reactive ketones (excluding diaryl/α,β-unsaturated/α-hetero) is 1. The van der Waals surface area contributed by atoms with Crippen LogP contribution in [0.4, 0.5) is 8.78 Å². The van der Waals surface area contributed by atoms with Crippen LogP contribution < -0.4 is 0 Å². The Labute approximate surface area is 112 Å². The minimum atomic E-state index is -0.649. The van der Waals surface area contributed by atoms with Crippen LogP contribution in [0, 0.1) is 17.0 Å². The number of carbonyl (C=O) groups is 1. The lowest BCUT2D eigenvalue weighted by atomic mass is 9.82. The van der Waals surface area contributed by atoms with E-state index in [-0.39, 0.29) is 17.9 Å². The average molecular weight is 267 g/mol. The number of likely N-dealkylation sites (tertiary alicyclic amines) is 1. The van der Waals surface area contributed by atoms with Gasteiger partial charge in [0.15, 0.2) is 5.78 Å². The minimum absolute atomic E-state index is 0.148. The Morgan fingerprint density at radius 1 is 1.26 bits per heavy atom. The average Bonchev–Trinajstić information content (AvgIpc) is 2.35. The number of halogens is 2. The van der Waals surface area contributed by atoms with E-state index in [2.05, 4.69) is 13.8 Å². The molecule has 1 aromatic carbocycles. The Kier molecular flexibility index (Phi) is 3.99. The van der Waals surface area contributed by atoms with Gasteiger partial charge in [0.05, 0.1) is 12.1 Å². The molecular weight excluding hydrogens is 248 g/mol. The first kappa shape index (κ1) is 14.1. The largest absolute Gasteiger partial charge is 0.296 e. The molecule has 0 atom stereocenters. The molecule has 0 N–H and O–H groups in total. The van der Waals surface area contributed by atoms with E-state index in [9.17, 15) is 13.6 Å². The zero-order valence-electron chi connectivity index (χ0n) is 11.4. The van der Waals surface area contributed by atoms with Gasteiger partial charge < -0.3 is 0 Å². The predicted molar refractivity (Wildman–Crippen MR) is 70.1 cm³/mol. The molecule has 0 aromatic heterocycles. The highest BCUT2D eigenvalue weighted by Crippen LogP contribution is 2.29. The van der Waals surface area contributed by atoms with Crippen molar-refractivity contribution < 1.29 is 13.6 Å². The van der Waals surface area contributed by atoms with Crippen LogP contribution in [0.25, 0.3) is 0 Å². The monoisotopic (exact) mass is 267 g/mol. The molecule has 4 heteroatoms. The second kappa shape index (κ2) is 5.37. The van der Waals surface area contributed by atoms with E-state index in [4.69, 9.17) is 0 Å². The number of piperidine rings is 1. The SMILES string of the molecule is CC1(C)CCN(CC(=O)c2cc(F)ccc2F)CC1. The van der Waals surface area contributed by atoms with E-state index in [1.165, 1.54) is 0 Å². The van der Waals surface area contributed by atoms with Gasteiger partial charge in [0.25, 0.3) is 0 Å². The van der Waals surface area contributed by atoms with Gasteiger partial charge in [-0.3, -0.25) is 9.69 Å². The summed E-state index contributed by atoms with van der Waals surface area (Å²) in [5.41, 5.74) is 0.161. The molecule has 0 radical (unpaired) electrons. The van der Waals surface area contributed by atoms with Crippen molar-refractivity contribution in [2.24, 2.45) is 5.41 Å². The summed E-state index contributed by atoms with van der Waals surface area (Å²) in [7, 11) is 0. The fraction of sp³-hybridized carbons (Fsp3) is 0.533. The lowest BCUT2D eigenvalue weighted by molar-refractivity contribution is 0.0841. The van der Waals surface area contributed by atoms with Gasteiger partial charge in [-0.25, -0.2) is 8.78 Å². The number of carbonyl (C=O) groups excluding carboxylic acids is 1. The van der Waals surface area contributed by atoms with Gasteiger partial charge in [-0.15, -0.1) is 0 Å². The highest BCUT2D eigenvalue weighted by molar-refractivity contribution is 5.97. The van der Waals surface area contributed by atoms with Crippen LogP contribution in [0.1, 0.15) is 37.0 Å². The number of benzene rings is 1. The molecule has 0 amide bonds. The molecule has 1 aromatic rings. The Bertz CT molecular complexity index is 475. The number of hydrogen-bond donors (Lipinski definition) is 0. The maximum absolute atomic E-state index is 13.5. The molecule has 0 unspecified atom stereocenters. The molecule has 1 aliphatic rings. The molecule has 1 heterocycles. The Morgan fingerprint density at radius 2 is 1.89 bits per heavy atom. The van der Waals surface area contributed by atoms with Gasteiger partial charge in [-0.1, -0.05) is 13.8 Å². The van der Waals surface area contributed by atoms with Gasteiger partial charge in [0.2, 0.25) is 0 Å². The highest BCUT2D eigenvalue weighted by atomic mass is 19.1. The summed E-state index contributed by atoms with van der Waals surface area (Å²) in [4.78, 5) is 14.0. The fourth-order valence-corrected chi connectivity index (χ4v) is 2.32. The van der Waals surface area contributed by atoms with Crippen LogP contribution in [-0.4, -0.2) is 30.3 Å². The van der Waals surface area contributed by atoms with E-state index in [0.717, 1.165) is 44.1 Å². The Hall–Kier alpha value is -1.29. The normalized spacial score (nSPS) is 19.4. The van der Waals surface area contributed by atoms with E-state index < -0.39 is 11.6 Å². The molecular formula is C15H19F2NO. The highest BCUT2D eigenvalue weighted by Gasteiger charge is 2.26. The molecule has 104 valence electrons. The van der Waals surface area contributed by atoms with Gasteiger partial charge >= 0.3 is 0 Å². The van der Waals surface area contributed by atoms with Gasteiger partial charge in [0, 0.05) is 0 Å². The predicted octanol–water partition coefficient (Wildman–Crippen LogP) is 3.27. The van der Waals surface area contributed by atoms with E-state index in [0.29, 0.717) is 5.41 Å². The van der Waals surface area contributed by atoms with Crippen LogP contribution in [0.2, 0.25) is 0 Å². The molecule has 0 spiro atoms. The summed E-state index contributed by atoms with van der Waals surface area (Å²) in [5.74, 6) is -1.58. The number of nitrogens with zero attached hydrogens (tertiary/aromatic N) is 1. The van der Waals surface area contributed by atoms with Crippen molar-refractivity contribution in [1.29, 1.82) is 0 Å². The molecule has 19 heavy (non-hydrogen) atoms. The quantitative estimate of drug-likeness (QED) is 0.783. The van der Waals surface area contributed by atoms with Crippen molar-refractivity contribution in [3.8, 4) is 0 Å². The summed E-state index contributed by atoms with van der Waals surface area (Å²) in [6, 6.07) is 3.00. The summed E-state index contributed by atoms with van der Waals surface area (Å²) >= 11 is 0. The van der Waals surface area contributed by atoms with Crippen molar-refractivity contribution in [2.75, 3.05) is 19.6 Å². The lowest BCUT2D eigenvalue weighted by Crippen LogP contribution is -2.40. The zero-order chi connectivity index (χ0) is 14.0.